The summed E-state index contributed by atoms with van der Waals surface area (Å²) in [6.07, 6.45) is 1.71. The van der Waals surface area contributed by atoms with E-state index in [1.165, 1.54) is 0 Å². The molecule has 0 heterocycles. The molecular formula is C25H23NO4. The van der Waals surface area contributed by atoms with Crippen LogP contribution in [0.5, 0.6) is 5.75 Å². The molecule has 0 unspecified atom stereocenters. The quantitative estimate of drug-likeness (QED) is 0.351. The Hall–Kier alpha value is -3.86. The number of ether oxygens (including phenoxy) is 2. The average Bonchev–Trinajstić information content (AvgIpc) is 2.81. The Morgan fingerprint density at radius 3 is 2.20 bits per heavy atom. The molecule has 0 aromatic heterocycles. The molecule has 1 N–H and O–H groups in total. The predicted molar refractivity (Wildman–Crippen MR) is 117 cm³/mol. The second-order valence-corrected chi connectivity index (χ2v) is 6.50. The molecule has 0 bridgehead atoms. The van der Waals surface area contributed by atoms with Crippen molar-refractivity contribution in [3.05, 3.63) is 102 Å². The number of carbonyl (C=O) groups excluding carboxylic acids is 2. The van der Waals surface area contributed by atoms with Crippen molar-refractivity contribution in [2.45, 2.75) is 6.54 Å². The van der Waals surface area contributed by atoms with Crippen LogP contribution in [-0.4, -0.2) is 25.6 Å². The molecule has 0 saturated heterocycles. The minimum Gasteiger partial charge on any atom is -0.496 e. The molecule has 0 aliphatic rings. The highest BCUT2D eigenvalue weighted by Gasteiger charge is 2.16. The van der Waals surface area contributed by atoms with Crippen molar-refractivity contribution < 1.29 is 19.1 Å². The second kappa shape index (κ2) is 10.6. The second-order valence-electron chi connectivity index (χ2n) is 6.50. The van der Waals surface area contributed by atoms with Crippen LogP contribution in [0.1, 0.15) is 16.7 Å². The molecule has 3 aromatic rings. The molecule has 0 spiro atoms. The third-order valence-electron chi connectivity index (χ3n) is 4.41. The maximum atomic E-state index is 12.8. The molecule has 3 rings (SSSR count). The van der Waals surface area contributed by atoms with Crippen LogP contribution in [0.3, 0.4) is 0 Å². The first-order valence-electron chi connectivity index (χ1n) is 9.55. The number of hydrogen-bond donors (Lipinski definition) is 1. The monoisotopic (exact) mass is 401 g/mol. The van der Waals surface area contributed by atoms with Crippen molar-refractivity contribution >= 4 is 23.5 Å². The standard InChI is InChI=1S/C25H23NO4/c1-29-23-15-9-8-14-21(23)16-22(20-12-6-3-7-13-20)25(28)30-18-24(27)26-17-19-10-4-2-5-11-19/h2-16H,17-18H2,1H3,(H,26,27)/b22-16-. The van der Waals surface area contributed by atoms with Crippen LogP contribution in [0.15, 0.2) is 84.9 Å². The minimum atomic E-state index is -0.582. The number of para-hydroxylation sites is 1. The van der Waals surface area contributed by atoms with Gasteiger partial charge >= 0.3 is 5.97 Å². The molecule has 3 aromatic carbocycles. The normalized spacial score (nSPS) is 10.9. The van der Waals surface area contributed by atoms with E-state index in [4.69, 9.17) is 9.47 Å². The van der Waals surface area contributed by atoms with Gasteiger partial charge in [-0.15, -0.1) is 0 Å². The number of rotatable bonds is 8. The van der Waals surface area contributed by atoms with Gasteiger partial charge < -0.3 is 14.8 Å². The molecule has 5 nitrogen and oxygen atoms in total. The van der Waals surface area contributed by atoms with Crippen molar-refractivity contribution in [2.24, 2.45) is 0 Å². The number of nitrogens with one attached hydrogen (secondary N) is 1. The van der Waals surface area contributed by atoms with Crippen LogP contribution in [-0.2, 0) is 20.9 Å². The largest absolute Gasteiger partial charge is 0.496 e. The fourth-order valence-corrected chi connectivity index (χ4v) is 2.88. The summed E-state index contributed by atoms with van der Waals surface area (Å²) >= 11 is 0. The molecule has 1 amide bonds. The summed E-state index contributed by atoms with van der Waals surface area (Å²) in [5, 5.41) is 2.75. The third-order valence-corrected chi connectivity index (χ3v) is 4.41. The van der Waals surface area contributed by atoms with E-state index < -0.39 is 5.97 Å². The fourth-order valence-electron chi connectivity index (χ4n) is 2.88. The zero-order valence-corrected chi connectivity index (χ0v) is 16.7. The lowest BCUT2D eigenvalue weighted by molar-refractivity contribution is -0.142. The Labute approximate surface area is 176 Å². The van der Waals surface area contributed by atoms with Crippen molar-refractivity contribution in [1.29, 1.82) is 0 Å². The van der Waals surface area contributed by atoms with Gasteiger partial charge in [0.05, 0.1) is 12.7 Å². The van der Waals surface area contributed by atoms with Gasteiger partial charge in [-0.3, -0.25) is 4.79 Å². The van der Waals surface area contributed by atoms with E-state index in [2.05, 4.69) is 5.32 Å². The first-order chi connectivity index (χ1) is 14.7. The molecule has 152 valence electrons. The van der Waals surface area contributed by atoms with Crippen molar-refractivity contribution in [3.63, 3.8) is 0 Å². The lowest BCUT2D eigenvalue weighted by Gasteiger charge is -2.11. The summed E-state index contributed by atoms with van der Waals surface area (Å²) in [7, 11) is 1.57. The van der Waals surface area contributed by atoms with Crippen LogP contribution in [0, 0.1) is 0 Å². The number of esters is 1. The van der Waals surface area contributed by atoms with Crippen LogP contribution in [0.2, 0.25) is 0 Å². The molecule has 0 atom stereocenters. The Balaban J connectivity index is 1.71. The number of benzene rings is 3. The van der Waals surface area contributed by atoms with Gasteiger partial charge in [0, 0.05) is 12.1 Å². The maximum absolute atomic E-state index is 12.8. The highest BCUT2D eigenvalue weighted by atomic mass is 16.5. The van der Waals surface area contributed by atoms with Crippen LogP contribution < -0.4 is 10.1 Å². The lowest BCUT2D eigenvalue weighted by atomic mass is 10.0. The summed E-state index contributed by atoms with van der Waals surface area (Å²) < 4.78 is 10.7. The van der Waals surface area contributed by atoms with E-state index in [0.717, 1.165) is 11.1 Å². The summed E-state index contributed by atoms with van der Waals surface area (Å²) in [4.78, 5) is 24.9. The van der Waals surface area contributed by atoms with E-state index in [1.54, 1.807) is 13.2 Å². The summed E-state index contributed by atoms with van der Waals surface area (Å²) in [6.45, 7) is 0.0155. The Morgan fingerprint density at radius 1 is 0.867 bits per heavy atom. The van der Waals surface area contributed by atoms with Crippen LogP contribution in [0.4, 0.5) is 0 Å². The number of hydrogen-bond acceptors (Lipinski definition) is 4. The Morgan fingerprint density at radius 2 is 1.50 bits per heavy atom. The van der Waals surface area contributed by atoms with Gasteiger partial charge in [0.2, 0.25) is 0 Å². The summed E-state index contributed by atoms with van der Waals surface area (Å²) in [5.74, 6) is -0.307. The number of methoxy groups -OCH3 is 1. The molecule has 0 aliphatic carbocycles. The van der Waals surface area contributed by atoms with Crippen molar-refractivity contribution in [3.8, 4) is 5.75 Å². The molecule has 0 saturated carbocycles. The van der Waals surface area contributed by atoms with Gasteiger partial charge in [-0.25, -0.2) is 4.79 Å². The van der Waals surface area contributed by atoms with Gasteiger partial charge in [-0.2, -0.15) is 0 Å². The zero-order valence-electron chi connectivity index (χ0n) is 16.7. The van der Waals surface area contributed by atoms with Crippen LogP contribution in [0.25, 0.3) is 11.6 Å². The lowest BCUT2D eigenvalue weighted by Crippen LogP contribution is -2.28. The first-order valence-corrected chi connectivity index (χ1v) is 9.55. The molecule has 5 heteroatoms. The Kier molecular flexibility index (Phi) is 7.39. The van der Waals surface area contributed by atoms with E-state index in [-0.39, 0.29) is 12.5 Å². The van der Waals surface area contributed by atoms with Crippen molar-refractivity contribution in [2.75, 3.05) is 13.7 Å². The maximum Gasteiger partial charge on any atom is 0.339 e. The minimum absolute atomic E-state index is 0.343. The van der Waals surface area contributed by atoms with Gasteiger partial charge in [-0.05, 0) is 23.3 Å². The van der Waals surface area contributed by atoms with Gasteiger partial charge in [0.1, 0.15) is 5.75 Å². The van der Waals surface area contributed by atoms with Gasteiger partial charge in [0.15, 0.2) is 6.61 Å². The predicted octanol–water partition coefficient (Wildman–Crippen LogP) is 4.10. The van der Waals surface area contributed by atoms with E-state index in [1.807, 2.05) is 84.9 Å². The molecule has 30 heavy (non-hydrogen) atoms. The average molecular weight is 401 g/mol. The highest BCUT2D eigenvalue weighted by molar-refractivity contribution is 6.22. The van der Waals surface area contributed by atoms with Gasteiger partial charge in [0.25, 0.3) is 5.91 Å². The SMILES string of the molecule is COc1ccccc1/C=C(\C(=O)OCC(=O)NCc1ccccc1)c1ccccc1. The first kappa shape index (κ1) is 20.9. The topological polar surface area (TPSA) is 64.6 Å². The molecule has 0 aliphatic heterocycles. The van der Waals surface area contributed by atoms with Gasteiger partial charge in [-0.1, -0.05) is 78.9 Å². The highest BCUT2D eigenvalue weighted by Crippen LogP contribution is 2.25. The fraction of sp³-hybridized carbons (Fsp3) is 0.120. The van der Waals surface area contributed by atoms with Crippen molar-refractivity contribution in [1.82, 2.24) is 5.32 Å². The smallest absolute Gasteiger partial charge is 0.339 e. The summed E-state index contributed by atoms with van der Waals surface area (Å²) in [5.41, 5.74) is 2.75. The zero-order chi connectivity index (χ0) is 21.2. The third kappa shape index (κ3) is 5.82. The number of carbonyl (C=O) groups is 2. The molecular weight excluding hydrogens is 378 g/mol. The number of amides is 1. The summed E-state index contributed by atoms with van der Waals surface area (Å²) in [6, 6.07) is 26.1. The molecule has 0 radical (unpaired) electrons. The Bertz CT molecular complexity index is 1010. The van der Waals surface area contributed by atoms with E-state index >= 15 is 0 Å². The molecule has 0 fully saturated rings. The van der Waals surface area contributed by atoms with E-state index in [9.17, 15) is 9.59 Å². The van der Waals surface area contributed by atoms with Crippen LogP contribution >= 0.6 is 0 Å². The van der Waals surface area contributed by atoms with E-state index in [0.29, 0.717) is 23.4 Å².